The van der Waals surface area contributed by atoms with E-state index in [-0.39, 0.29) is 0 Å². The van der Waals surface area contributed by atoms with E-state index in [2.05, 4.69) is 19.1 Å². The molecule has 1 heterocycles. The van der Waals surface area contributed by atoms with Crippen molar-refractivity contribution in [2.75, 3.05) is 13.2 Å². The van der Waals surface area contributed by atoms with Crippen molar-refractivity contribution in [3.8, 4) is 0 Å². The summed E-state index contributed by atoms with van der Waals surface area (Å²) < 4.78 is 10.6. The molecule has 0 saturated carbocycles. The van der Waals surface area contributed by atoms with Gasteiger partial charge in [0.25, 0.3) is 0 Å². The van der Waals surface area contributed by atoms with Gasteiger partial charge in [0.05, 0.1) is 6.61 Å². The number of ether oxygens (including phenoxy) is 2. The lowest BCUT2D eigenvalue weighted by molar-refractivity contribution is 0.191. The topological polar surface area (TPSA) is 21.8 Å². The van der Waals surface area contributed by atoms with E-state index in [1.807, 2.05) is 0 Å². The Morgan fingerprint density at radius 3 is 3.17 bits per heavy atom. The molecule has 2 rings (SSSR count). The molecule has 0 spiro atoms. The molecule has 0 aromatic carbocycles. The SMILES string of the molecule is CC1=CC(OC[C@@H]2CO2)=CCC1. The first-order valence-electron chi connectivity index (χ1n) is 4.46. The standard InChI is InChI=1S/C10H14O2/c1-8-3-2-4-9(5-8)11-6-10-7-12-10/h4-5,10H,2-3,6-7H2,1H3/t10-/m1/s1. The number of epoxide rings is 1. The van der Waals surface area contributed by atoms with Crippen LogP contribution in [-0.2, 0) is 9.47 Å². The minimum atomic E-state index is 0.363. The summed E-state index contributed by atoms with van der Waals surface area (Å²) in [5, 5.41) is 0. The minimum absolute atomic E-state index is 0.363. The van der Waals surface area contributed by atoms with Crippen molar-refractivity contribution in [2.45, 2.75) is 25.9 Å². The van der Waals surface area contributed by atoms with Crippen LogP contribution >= 0.6 is 0 Å². The van der Waals surface area contributed by atoms with Gasteiger partial charge in [0.2, 0.25) is 0 Å². The fourth-order valence-corrected chi connectivity index (χ4v) is 1.27. The Labute approximate surface area is 72.9 Å². The fraction of sp³-hybridized carbons (Fsp3) is 0.600. The third-order valence-corrected chi connectivity index (χ3v) is 2.11. The lowest BCUT2D eigenvalue weighted by atomic mass is 10.1. The van der Waals surface area contributed by atoms with Gasteiger partial charge in [0.1, 0.15) is 18.5 Å². The summed E-state index contributed by atoms with van der Waals surface area (Å²) in [4.78, 5) is 0. The fourth-order valence-electron chi connectivity index (χ4n) is 1.27. The average molecular weight is 166 g/mol. The molecule has 12 heavy (non-hydrogen) atoms. The Bertz CT molecular complexity index is 224. The van der Waals surface area contributed by atoms with Crippen molar-refractivity contribution >= 4 is 0 Å². The zero-order chi connectivity index (χ0) is 8.39. The van der Waals surface area contributed by atoms with E-state index in [0.29, 0.717) is 6.10 Å². The Hall–Kier alpha value is -0.760. The summed E-state index contributed by atoms with van der Waals surface area (Å²) in [6.07, 6.45) is 6.92. The van der Waals surface area contributed by atoms with E-state index in [9.17, 15) is 0 Å². The van der Waals surface area contributed by atoms with E-state index in [0.717, 1.165) is 25.4 Å². The molecular weight excluding hydrogens is 152 g/mol. The predicted molar refractivity (Wildman–Crippen MR) is 46.8 cm³/mol. The van der Waals surface area contributed by atoms with E-state index in [4.69, 9.17) is 9.47 Å². The molecule has 0 N–H and O–H groups in total. The molecule has 2 aliphatic rings. The molecule has 0 aromatic rings. The second-order valence-corrected chi connectivity index (χ2v) is 3.40. The van der Waals surface area contributed by atoms with Crippen LogP contribution < -0.4 is 0 Å². The highest BCUT2D eigenvalue weighted by atomic mass is 16.6. The molecule has 2 heteroatoms. The van der Waals surface area contributed by atoms with Gasteiger partial charge in [-0.1, -0.05) is 5.57 Å². The molecule has 1 saturated heterocycles. The van der Waals surface area contributed by atoms with Crippen LogP contribution in [0.3, 0.4) is 0 Å². The maximum absolute atomic E-state index is 5.54. The number of hydrogen-bond acceptors (Lipinski definition) is 2. The molecular formula is C10H14O2. The van der Waals surface area contributed by atoms with Crippen LogP contribution in [0.2, 0.25) is 0 Å². The Balaban J connectivity index is 1.81. The summed E-state index contributed by atoms with van der Waals surface area (Å²) in [5.74, 6) is 1.02. The van der Waals surface area contributed by atoms with E-state index in [1.165, 1.54) is 12.0 Å². The first-order valence-corrected chi connectivity index (χ1v) is 4.46. The molecule has 0 radical (unpaired) electrons. The second kappa shape index (κ2) is 3.31. The molecule has 1 aliphatic heterocycles. The van der Waals surface area contributed by atoms with Crippen LogP contribution in [-0.4, -0.2) is 19.3 Å². The van der Waals surface area contributed by atoms with Gasteiger partial charge < -0.3 is 9.47 Å². The van der Waals surface area contributed by atoms with Crippen LogP contribution in [0.1, 0.15) is 19.8 Å². The summed E-state index contributed by atoms with van der Waals surface area (Å²) in [6, 6.07) is 0. The van der Waals surface area contributed by atoms with Gasteiger partial charge in [-0.3, -0.25) is 0 Å². The van der Waals surface area contributed by atoms with Gasteiger partial charge in [-0.2, -0.15) is 0 Å². The smallest absolute Gasteiger partial charge is 0.117 e. The molecule has 0 bridgehead atoms. The van der Waals surface area contributed by atoms with Crippen molar-refractivity contribution < 1.29 is 9.47 Å². The first kappa shape index (κ1) is 7.87. The van der Waals surface area contributed by atoms with Crippen molar-refractivity contribution in [1.82, 2.24) is 0 Å². The third kappa shape index (κ3) is 2.11. The van der Waals surface area contributed by atoms with E-state index < -0.39 is 0 Å². The molecule has 1 aliphatic carbocycles. The van der Waals surface area contributed by atoms with Gasteiger partial charge >= 0.3 is 0 Å². The van der Waals surface area contributed by atoms with Crippen molar-refractivity contribution in [1.29, 1.82) is 0 Å². The molecule has 0 aromatic heterocycles. The quantitative estimate of drug-likeness (QED) is 0.598. The number of hydrogen-bond donors (Lipinski definition) is 0. The zero-order valence-electron chi connectivity index (χ0n) is 7.38. The number of rotatable bonds is 3. The van der Waals surface area contributed by atoms with E-state index in [1.54, 1.807) is 0 Å². The maximum Gasteiger partial charge on any atom is 0.117 e. The maximum atomic E-state index is 5.54. The Morgan fingerprint density at radius 2 is 2.50 bits per heavy atom. The first-order chi connectivity index (χ1) is 5.84. The summed E-state index contributed by atoms with van der Waals surface area (Å²) in [6.45, 7) is 3.73. The molecule has 1 atom stereocenters. The largest absolute Gasteiger partial charge is 0.491 e. The average Bonchev–Trinajstić information content (AvgIpc) is 2.84. The second-order valence-electron chi connectivity index (χ2n) is 3.40. The van der Waals surface area contributed by atoms with Crippen LogP contribution in [0, 0.1) is 0 Å². The van der Waals surface area contributed by atoms with Crippen molar-refractivity contribution in [3.05, 3.63) is 23.5 Å². The Morgan fingerprint density at radius 1 is 1.67 bits per heavy atom. The summed E-state index contributed by atoms with van der Waals surface area (Å²) in [5.41, 5.74) is 1.41. The lowest BCUT2D eigenvalue weighted by Crippen LogP contribution is -2.02. The van der Waals surface area contributed by atoms with Crippen molar-refractivity contribution in [3.63, 3.8) is 0 Å². The minimum Gasteiger partial charge on any atom is -0.491 e. The molecule has 66 valence electrons. The van der Waals surface area contributed by atoms with Crippen molar-refractivity contribution in [2.24, 2.45) is 0 Å². The van der Waals surface area contributed by atoms with Gasteiger partial charge in [-0.05, 0) is 31.9 Å². The summed E-state index contributed by atoms with van der Waals surface area (Å²) >= 11 is 0. The van der Waals surface area contributed by atoms with Crippen LogP contribution in [0.25, 0.3) is 0 Å². The lowest BCUT2D eigenvalue weighted by Gasteiger charge is -2.11. The van der Waals surface area contributed by atoms with Gasteiger partial charge in [-0.15, -0.1) is 0 Å². The molecule has 0 amide bonds. The monoisotopic (exact) mass is 166 g/mol. The highest BCUT2D eigenvalue weighted by Gasteiger charge is 2.23. The highest BCUT2D eigenvalue weighted by Crippen LogP contribution is 2.19. The van der Waals surface area contributed by atoms with Crippen LogP contribution in [0.5, 0.6) is 0 Å². The zero-order valence-corrected chi connectivity index (χ0v) is 7.38. The molecule has 2 nitrogen and oxygen atoms in total. The van der Waals surface area contributed by atoms with Gasteiger partial charge in [0.15, 0.2) is 0 Å². The van der Waals surface area contributed by atoms with Crippen LogP contribution in [0.15, 0.2) is 23.5 Å². The normalized spacial score (nSPS) is 27.6. The third-order valence-electron chi connectivity index (χ3n) is 2.11. The highest BCUT2D eigenvalue weighted by molar-refractivity contribution is 5.21. The molecule has 0 unspecified atom stereocenters. The Kier molecular flexibility index (Phi) is 2.17. The molecule has 1 fully saturated rings. The predicted octanol–water partition coefficient (Wildman–Crippen LogP) is 2.03. The van der Waals surface area contributed by atoms with Gasteiger partial charge in [-0.25, -0.2) is 0 Å². The van der Waals surface area contributed by atoms with E-state index >= 15 is 0 Å². The number of allylic oxidation sites excluding steroid dienone is 3. The summed E-state index contributed by atoms with van der Waals surface area (Å²) in [7, 11) is 0. The van der Waals surface area contributed by atoms with Gasteiger partial charge in [0, 0.05) is 0 Å². The van der Waals surface area contributed by atoms with Crippen LogP contribution in [0.4, 0.5) is 0 Å².